The third-order valence-corrected chi connectivity index (χ3v) is 1.58. The Kier molecular flexibility index (Phi) is 1.91. The van der Waals surface area contributed by atoms with Crippen molar-refractivity contribution in [3.05, 3.63) is 17.7 Å². The molecule has 4 heteroatoms. The van der Waals surface area contributed by atoms with E-state index in [4.69, 9.17) is 15.9 Å². The molecule has 4 N–H and O–H groups in total. The van der Waals surface area contributed by atoms with Crippen LogP contribution in [-0.2, 0) is 0 Å². The van der Waals surface area contributed by atoms with Gasteiger partial charge in [0.2, 0.25) is 0 Å². The molecule has 0 aliphatic carbocycles. The molecular weight excluding hydrogens is 158 g/mol. The molecule has 0 saturated heterocycles. The Bertz CT molecular complexity index is 333. The Hall–Kier alpha value is -1.71. The van der Waals surface area contributed by atoms with Crippen molar-refractivity contribution >= 4 is 11.5 Å². The van der Waals surface area contributed by atoms with Crippen molar-refractivity contribution in [1.82, 2.24) is 0 Å². The van der Waals surface area contributed by atoms with Gasteiger partial charge in [-0.25, -0.2) is 0 Å². The smallest absolute Gasteiger partial charge is 0.181 e. The predicted molar refractivity (Wildman–Crippen MR) is 44.2 cm³/mol. The number of anilines is 1. The number of benzene rings is 1. The van der Waals surface area contributed by atoms with Gasteiger partial charge in [-0.05, 0) is 19.1 Å². The molecule has 64 valence electrons. The molecule has 0 radical (unpaired) electrons. The van der Waals surface area contributed by atoms with Crippen LogP contribution in [0.5, 0.6) is 11.5 Å². The predicted octanol–water partition coefficient (Wildman–Crippen LogP) is 0.883. The number of ketones is 1. The number of phenols is 2. The van der Waals surface area contributed by atoms with E-state index < -0.39 is 5.75 Å². The molecule has 0 amide bonds. The average molecular weight is 167 g/mol. The summed E-state index contributed by atoms with van der Waals surface area (Å²) in [6.07, 6.45) is 0. The lowest BCUT2D eigenvalue weighted by Gasteiger charge is -2.04. The van der Waals surface area contributed by atoms with E-state index in [1.54, 1.807) is 0 Å². The zero-order valence-electron chi connectivity index (χ0n) is 6.53. The van der Waals surface area contributed by atoms with Crippen LogP contribution in [0.15, 0.2) is 12.1 Å². The van der Waals surface area contributed by atoms with Crippen molar-refractivity contribution in [2.45, 2.75) is 6.92 Å². The maximum Gasteiger partial charge on any atom is 0.181 e. The Morgan fingerprint density at radius 3 is 2.50 bits per heavy atom. The molecule has 1 aromatic rings. The molecular formula is C8H9NO3. The maximum absolute atomic E-state index is 10.9. The highest BCUT2D eigenvalue weighted by molar-refractivity contribution is 6.00. The molecule has 0 unspecified atom stereocenters. The zero-order chi connectivity index (χ0) is 9.30. The first-order chi connectivity index (χ1) is 5.54. The van der Waals surface area contributed by atoms with Gasteiger partial charge in [0, 0.05) is 5.56 Å². The third kappa shape index (κ3) is 1.18. The van der Waals surface area contributed by atoms with Crippen molar-refractivity contribution < 1.29 is 15.0 Å². The fraction of sp³-hybridized carbons (Fsp3) is 0.125. The van der Waals surface area contributed by atoms with E-state index in [9.17, 15) is 4.79 Å². The summed E-state index contributed by atoms with van der Waals surface area (Å²) in [7, 11) is 0. The number of rotatable bonds is 1. The van der Waals surface area contributed by atoms with Crippen LogP contribution in [0.2, 0.25) is 0 Å². The molecule has 1 aromatic carbocycles. The Balaban J connectivity index is 3.36. The van der Waals surface area contributed by atoms with Gasteiger partial charge >= 0.3 is 0 Å². The first-order valence-corrected chi connectivity index (χ1v) is 3.35. The number of carbonyl (C=O) groups is 1. The van der Waals surface area contributed by atoms with E-state index in [-0.39, 0.29) is 22.8 Å². The van der Waals surface area contributed by atoms with E-state index >= 15 is 0 Å². The average Bonchev–Trinajstić information content (AvgIpc) is 2.00. The van der Waals surface area contributed by atoms with E-state index in [1.807, 2.05) is 0 Å². The van der Waals surface area contributed by atoms with Crippen LogP contribution in [-0.4, -0.2) is 16.0 Å². The summed E-state index contributed by atoms with van der Waals surface area (Å²) in [5, 5.41) is 18.1. The lowest BCUT2D eigenvalue weighted by Crippen LogP contribution is -1.99. The van der Waals surface area contributed by atoms with E-state index in [0.29, 0.717) is 0 Å². The van der Waals surface area contributed by atoms with Crippen molar-refractivity contribution in [2.24, 2.45) is 0 Å². The summed E-state index contributed by atoms with van der Waals surface area (Å²) in [5.41, 5.74) is 5.49. The first-order valence-electron chi connectivity index (χ1n) is 3.35. The van der Waals surface area contributed by atoms with Crippen LogP contribution in [0.4, 0.5) is 5.69 Å². The largest absolute Gasteiger partial charge is 0.504 e. The topological polar surface area (TPSA) is 83.5 Å². The minimum atomic E-state index is -0.442. The van der Waals surface area contributed by atoms with E-state index in [2.05, 4.69) is 0 Å². The van der Waals surface area contributed by atoms with Gasteiger partial charge in [-0.3, -0.25) is 4.79 Å². The van der Waals surface area contributed by atoms with Gasteiger partial charge < -0.3 is 15.9 Å². The molecule has 0 fully saturated rings. The number of nitrogen functional groups attached to an aromatic ring is 1. The molecule has 12 heavy (non-hydrogen) atoms. The van der Waals surface area contributed by atoms with Gasteiger partial charge in [0.25, 0.3) is 0 Å². The number of hydrogen-bond acceptors (Lipinski definition) is 4. The van der Waals surface area contributed by atoms with Crippen molar-refractivity contribution in [3.63, 3.8) is 0 Å². The Morgan fingerprint density at radius 2 is 2.00 bits per heavy atom. The third-order valence-electron chi connectivity index (χ3n) is 1.58. The van der Waals surface area contributed by atoms with Crippen molar-refractivity contribution in [1.29, 1.82) is 0 Å². The second-order valence-corrected chi connectivity index (χ2v) is 2.45. The zero-order valence-corrected chi connectivity index (χ0v) is 6.53. The van der Waals surface area contributed by atoms with Gasteiger partial charge in [-0.15, -0.1) is 0 Å². The van der Waals surface area contributed by atoms with Crippen LogP contribution in [0.25, 0.3) is 0 Å². The number of Topliss-reactive ketones (excluding diaryl/α,β-unsaturated/α-hetero) is 1. The highest BCUT2D eigenvalue weighted by Crippen LogP contribution is 2.33. The summed E-state index contributed by atoms with van der Waals surface area (Å²) in [6, 6.07) is 2.59. The molecule has 0 heterocycles. The van der Waals surface area contributed by atoms with E-state index in [0.717, 1.165) is 0 Å². The SMILES string of the molecule is CC(=O)c1ccc(O)c(O)c1N. The quantitative estimate of drug-likeness (QED) is 0.329. The molecule has 0 atom stereocenters. The van der Waals surface area contributed by atoms with Gasteiger partial charge in [0.05, 0.1) is 5.69 Å². The second-order valence-electron chi connectivity index (χ2n) is 2.45. The lowest BCUT2D eigenvalue weighted by molar-refractivity contribution is 0.101. The van der Waals surface area contributed by atoms with Crippen molar-refractivity contribution in [3.8, 4) is 11.5 Å². The normalized spacial score (nSPS) is 9.75. The minimum Gasteiger partial charge on any atom is -0.504 e. The summed E-state index contributed by atoms with van der Waals surface area (Å²) < 4.78 is 0. The minimum absolute atomic E-state index is 0.0810. The standard InChI is InChI=1S/C8H9NO3/c1-4(10)5-2-3-6(11)8(12)7(5)9/h2-3,11-12H,9H2,1H3. The van der Waals surface area contributed by atoms with Crippen molar-refractivity contribution in [2.75, 3.05) is 5.73 Å². The molecule has 0 saturated carbocycles. The molecule has 4 nitrogen and oxygen atoms in total. The number of phenolic OH excluding ortho intramolecular Hbond substituents is 2. The molecule has 1 rings (SSSR count). The fourth-order valence-electron chi connectivity index (χ4n) is 0.904. The monoisotopic (exact) mass is 167 g/mol. The van der Waals surface area contributed by atoms with Crippen LogP contribution >= 0.6 is 0 Å². The first kappa shape index (κ1) is 8.39. The van der Waals surface area contributed by atoms with Gasteiger partial charge in [0.1, 0.15) is 0 Å². The van der Waals surface area contributed by atoms with Gasteiger partial charge in [-0.1, -0.05) is 0 Å². The van der Waals surface area contributed by atoms with Crippen LogP contribution in [0, 0.1) is 0 Å². The summed E-state index contributed by atoms with van der Waals surface area (Å²) in [4.78, 5) is 10.9. The number of nitrogens with two attached hydrogens (primary N) is 1. The van der Waals surface area contributed by atoms with Gasteiger partial charge in [-0.2, -0.15) is 0 Å². The summed E-state index contributed by atoms with van der Waals surface area (Å²) >= 11 is 0. The number of aromatic hydroxyl groups is 2. The number of hydrogen-bond donors (Lipinski definition) is 3. The molecule has 0 aliphatic heterocycles. The lowest BCUT2D eigenvalue weighted by atomic mass is 10.1. The fourth-order valence-corrected chi connectivity index (χ4v) is 0.904. The van der Waals surface area contributed by atoms with E-state index in [1.165, 1.54) is 19.1 Å². The molecule has 0 aromatic heterocycles. The summed E-state index contributed by atoms with van der Waals surface area (Å²) in [5.74, 6) is -1.01. The van der Waals surface area contributed by atoms with Crippen LogP contribution in [0.1, 0.15) is 17.3 Å². The molecule has 0 bridgehead atoms. The molecule has 0 spiro atoms. The molecule has 0 aliphatic rings. The van der Waals surface area contributed by atoms with Crippen LogP contribution in [0.3, 0.4) is 0 Å². The van der Waals surface area contributed by atoms with Gasteiger partial charge in [0.15, 0.2) is 17.3 Å². The highest BCUT2D eigenvalue weighted by atomic mass is 16.3. The van der Waals surface area contributed by atoms with Crippen LogP contribution < -0.4 is 5.73 Å². The highest BCUT2D eigenvalue weighted by Gasteiger charge is 2.11. The summed E-state index contributed by atoms with van der Waals surface area (Å²) in [6.45, 7) is 1.34. The second kappa shape index (κ2) is 2.73. The maximum atomic E-state index is 10.9. The Morgan fingerprint density at radius 1 is 1.42 bits per heavy atom. The number of carbonyl (C=O) groups excluding carboxylic acids is 1. The Labute approximate surface area is 69.3 Å².